The standard InChI is InChI=1S/C17H27FN2O/c1-13-6-3-4-10-20(13)11-5-9-19-14(2)16-8-7-15(21)12-17(16)18/h7-8,12-14,19,21H,3-6,9-11H2,1-2H3. The van der Waals surface area contributed by atoms with Crippen LogP contribution in [0.5, 0.6) is 5.75 Å². The third-order valence-corrected chi connectivity index (χ3v) is 4.46. The highest BCUT2D eigenvalue weighted by Gasteiger charge is 2.17. The van der Waals surface area contributed by atoms with Gasteiger partial charge in [-0.05, 0) is 58.8 Å². The quantitative estimate of drug-likeness (QED) is 0.789. The maximum absolute atomic E-state index is 13.7. The van der Waals surface area contributed by atoms with Crippen molar-refractivity contribution in [3.63, 3.8) is 0 Å². The number of hydrogen-bond acceptors (Lipinski definition) is 3. The van der Waals surface area contributed by atoms with Crippen molar-refractivity contribution in [2.24, 2.45) is 0 Å². The summed E-state index contributed by atoms with van der Waals surface area (Å²) >= 11 is 0. The van der Waals surface area contributed by atoms with E-state index < -0.39 is 0 Å². The summed E-state index contributed by atoms with van der Waals surface area (Å²) in [6, 6.07) is 5.01. The van der Waals surface area contributed by atoms with Gasteiger partial charge in [0.2, 0.25) is 0 Å². The van der Waals surface area contributed by atoms with E-state index in [0.29, 0.717) is 11.6 Å². The van der Waals surface area contributed by atoms with E-state index in [1.807, 2.05) is 6.92 Å². The fraction of sp³-hybridized carbons (Fsp3) is 0.647. The Morgan fingerprint density at radius 2 is 2.24 bits per heavy atom. The molecule has 0 saturated carbocycles. The second-order valence-electron chi connectivity index (χ2n) is 6.12. The lowest BCUT2D eigenvalue weighted by Gasteiger charge is -2.33. The zero-order valence-corrected chi connectivity index (χ0v) is 13.1. The Hall–Kier alpha value is -1.13. The van der Waals surface area contributed by atoms with Crippen LogP contribution in [0.2, 0.25) is 0 Å². The van der Waals surface area contributed by atoms with Crippen molar-refractivity contribution in [1.29, 1.82) is 0 Å². The number of aromatic hydroxyl groups is 1. The third-order valence-electron chi connectivity index (χ3n) is 4.46. The molecule has 4 heteroatoms. The van der Waals surface area contributed by atoms with Crippen LogP contribution in [0.25, 0.3) is 0 Å². The van der Waals surface area contributed by atoms with E-state index in [-0.39, 0.29) is 17.6 Å². The number of phenolic OH excluding ortho intramolecular Hbond substituents is 1. The van der Waals surface area contributed by atoms with Crippen molar-refractivity contribution >= 4 is 0 Å². The first-order valence-corrected chi connectivity index (χ1v) is 8.04. The van der Waals surface area contributed by atoms with Crippen LogP contribution in [0.4, 0.5) is 4.39 Å². The molecule has 1 heterocycles. The monoisotopic (exact) mass is 294 g/mol. The molecule has 2 unspecified atom stereocenters. The predicted octanol–water partition coefficient (Wildman–Crippen LogP) is 3.45. The molecule has 2 rings (SSSR count). The molecule has 1 saturated heterocycles. The summed E-state index contributed by atoms with van der Waals surface area (Å²) < 4.78 is 13.7. The van der Waals surface area contributed by atoms with Gasteiger partial charge in [0.05, 0.1) is 0 Å². The zero-order chi connectivity index (χ0) is 15.2. The van der Waals surface area contributed by atoms with Crippen LogP contribution >= 0.6 is 0 Å². The van der Waals surface area contributed by atoms with Gasteiger partial charge >= 0.3 is 0 Å². The number of hydrogen-bond donors (Lipinski definition) is 2. The van der Waals surface area contributed by atoms with Crippen LogP contribution in [0, 0.1) is 5.82 Å². The lowest BCUT2D eigenvalue weighted by Crippen LogP contribution is -2.39. The number of rotatable bonds is 6. The molecule has 1 aliphatic rings. The Morgan fingerprint density at radius 3 is 2.95 bits per heavy atom. The smallest absolute Gasteiger partial charge is 0.131 e. The highest BCUT2D eigenvalue weighted by molar-refractivity contribution is 5.29. The number of nitrogens with one attached hydrogen (secondary N) is 1. The van der Waals surface area contributed by atoms with E-state index in [2.05, 4.69) is 17.1 Å². The Labute approximate surface area is 127 Å². The molecule has 0 radical (unpaired) electrons. The molecule has 0 bridgehead atoms. The molecule has 1 aromatic carbocycles. The van der Waals surface area contributed by atoms with Gasteiger partial charge in [-0.2, -0.15) is 0 Å². The molecule has 0 aliphatic carbocycles. The summed E-state index contributed by atoms with van der Waals surface area (Å²) in [5, 5.41) is 12.6. The Bertz CT molecular complexity index is 452. The number of halogens is 1. The molecule has 118 valence electrons. The molecule has 1 aromatic rings. The lowest BCUT2D eigenvalue weighted by molar-refractivity contribution is 0.158. The maximum Gasteiger partial charge on any atom is 0.131 e. The predicted molar refractivity (Wildman–Crippen MR) is 84.0 cm³/mol. The first kappa shape index (κ1) is 16.2. The van der Waals surface area contributed by atoms with Crippen LogP contribution in [-0.4, -0.2) is 35.7 Å². The van der Waals surface area contributed by atoms with Crippen LogP contribution in [0.1, 0.15) is 51.1 Å². The topological polar surface area (TPSA) is 35.5 Å². The fourth-order valence-corrected chi connectivity index (χ4v) is 3.07. The Morgan fingerprint density at radius 1 is 1.43 bits per heavy atom. The van der Waals surface area contributed by atoms with Gasteiger partial charge in [-0.15, -0.1) is 0 Å². The zero-order valence-electron chi connectivity index (χ0n) is 13.1. The van der Waals surface area contributed by atoms with Crippen molar-refractivity contribution in [1.82, 2.24) is 10.2 Å². The van der Waals surface area contributed by atoms with Crippen LogP contribution in [0.15, 0.2) is 18.2 Å². The van der Waals surface area contributed by atoms with Gasteiger partial charge in [0.25, 0.3) is 0 Å². The fourth-order valence-electron chi connectivity index (χ4n) is 3.07. The molecule has 0 amide bonds. The number of benzene rings is 1. The average Bonchev–Trinajstić information content (AvgIpc) is 2.45. The summed E-state index contributed by atoms with van der Waals surface area (Å²) in [5.74, 6) is -0.373. The normalized spacial score (nSPS) is 21.4. The minimum atomic E-state index is -0.348. The summed E-state index contributed by atoms with van der Waals surface area (Å²) in [6.45, 7) is 7.47. The van der Waals surface area contributed by atoms with Gasteiger partial charge in [0.15, 0.2) is 0 Å². The average molecular weight is 294 g/mol. The number of nitrogens with zero attached hydrogens (tertiary/aromatic N) is 1. The highest BCUT2D eigenvalue weighted by Crippen LogP contribution is 2.21. The molecule has 2 N–H and O–H groups in total. The minimum Gasteiger partial charge on any atom is -0.508 e. The van der Waals surface area contributed by atoms with E-state index in [1.165, 1.54) is 37.9 Å². The van der Waals surface area contributed by atoms with Crippen molar-refractivity contribution in [2.75, 3.05) is 19.6 Å². The number of phenols is 1. The highest BCUT2D eigenvalue weighted by atomic mass is 19.1. The van der Waals surface area contributed by atoms with Crippen molar-refractivity contribution in [3.8, 4) is 5.75 Å². The minimum absolute atomic E-state index is 0.0254. The van der Waals surface area contributed by atoms with Crippen LogP contribution in [-0.2, 0) is 0 Å². The Kier molecular flexibility index (Phi) is 6.00. The molecule has 1 fully saturated rings. The lowest BCUT2D eigenvalue weighted by atomic mass is 10.0. The third kappa shape index (κ3) is 4.68. The summed E-state index contributed by atoms with van der Waals surface area (Å²) in [5.41, 5.74) is 0.610. The maximum atomic E-state index is 13.7. The molecule has 21 heavy (non-hydrogen) atoms. The number of piperidine rings is 1. The first-order valence-electron chi connectivity index (χ1n) is 8.04. The van der Waals surface area contributed by atoms with E-state index in [4.69, 9.17) is 0 Å². The summed E-state index contributed by atoms with van der Waals surface area (Å²) in [4.78, 5) is 2.55. The van der Waals surface area contributed by atoms with Gasteiger partial charge < -0.3 is 15.3 Å². The molecule has 0 spiro atoms. The van der Waals surface area contributed by atoms with Crippen LogP contribution in [0.3, 0.4) is 0 Å². The largest absolute Gasteiger partial charge is 0.508 e. The van der Waals surface area contributed by atoms with Gasteiger partial charge in [0.1, 0.15) is 11.6 Å². The van der Waals surface area contributed by atoms with Gasteiger partial charge in [-0.25, -0.2) is 4.39 Å². The number of likely N-dealkylation sites (tertiary alicyclic amines) is 1. The van der Waals surface area contributed by atoms with E-state index in [1.54, 1.807) is 6.07 Å². The van der Waals surface area contributed by atoms with Gasteiger partial charge in [0, 0.05) is 23.7 Å². The van der Waals surface area contributed by atoms with Crippen molar-refractivity contribution in [3.05, 3.63) is 29.6 Å². The molecule has 2 atom stereocenters. The van der Waals surface area contributed by atoms with Crippen molar-refractivity contribution in [2.45, 2.75) is 51.6 Å². The van der Waals surface area contributed by atoms with E-state index in [9.17, 15) is 9.50 Å². The summed E-state index contributed by atoms with van der Waals surface area (Å²) in [7, 11) is 0. The van der Waals surface area contributed by atoms with Gasteiger partial charge in [-0.3, -0.25) is 0 Å². The molecule has 3 nitrogen and oxygen atoms in total. The Balaban J connectivity index is 1.72. The van der Waals surface area contributed by atoms with E-state index in [0.717, 1.165) is 19.5 Å². The second-order valence-corrected chi connectivity index (χ2v) is 6.12. The van der Waals surface area contributed by atoms with Crippen molar-refractivity contribution < 1.29 is 9.50 Å². The first-order chi connectivity index (χ1) is 10.1. The van der Waals surface area contributed by atoms with E-state index >= 15 is 0 Å². The molecule has 0 aromatic heterocycles. The SMILES string of the molecule is CC(NCCCN1CCCCC1C)c1ccc(O)cc1F. The molecular weight excluding hydrogens is 267 g/mol. The van der Waals surface area contributed by atoms with Gasteiger partial charge in [-0.1, -0.05) is 12.5 Å². The molecule has 1 aliphatic heterocycles. The molecular formula is C17H27FN2O. The summed E-state index contributed by atoms with van der Waals surface area (Å²) in [6.07, 6.45) is 5.05. The second kappa shape index (κ2) is 7.76. The van der Waals surface area contributed by atoms with Crippen LogP contribution < -0.4 is 5.32 Å².